The van der Waals surface area contributed by atoms with Gasteiger partial charge in [-0.25, -0.2) is 21.8 Å². The van der Waals surface area contributed by atoms with Gasteiger partial charge in [0.1, 0.15) is 24.3 Å². The average molecular weight is 496 g/mol. The molecule has 4 heterocycles. The molecule has 0 radical (unpaired) electrons. The van der Waals surface area contributed by atoms with E-state index in [-0.39, 0.29) is 9.79 Å². The van der Waals surface area contributed by atoms with Crippen molar-refractivity contribution in [3.05, 3.63) is 36.5 Å². The van der Waals surface area contributed by atoms with Crippen LogP contribution in [0.25, 0.3) is 0 Å². The summed E-state index contributed by atoms with van der Waals surface area (Å²) in [6, 6.07) is 8.04. The van der Waals surface area contributed by atoms with Crippen LogP contribution in [0.1, 0.15) is 12.8 Å². The summed E-state index contributed by atoms with van der Waals surface area (Å²) < 4.78 is 65.6. The molecule has 0 bridgehead atoms. The molecule has 0 saturated carbocycles. The van der Waals surface area contributed by atoms with Crippen molar-refractivity contribution >= 4 is 25.9 Å². The first-order valence-electron chi connectivity index (χ1n) is 11.0. The van der Waals surface area contributed by atoms with Gasteiger partial charge in [0.25, 0.3) is 5.82 Å². The lowest BCUT2D eigenvalue weighted by Crippen LogP contribution is -2.50. The summed E-state index contributed by atoms with van der Waals surface area (Å²) in [6.45, 7) is 3.56. The predicted molar refractivity (Wildman–Crippen MR) is 119 cm³/mol. The molecular formula is C21H27N4O6S2+. The van der Waals surface area contributed by atoms with Gasteiger partial charge < -0.3 is 9.47 Å². The molecule has 3 aliphatic heterocycles. The minimum Gasteiger partial charge on any atom is -0.486 e. The van der Waals surface area contributed by atoms with E-state index >= 15 is 0 Å². The van der Waals surface area contributed by atoms with Crippen molar-refractivity contribution in [3.8, 4) is 11.5 Å². The Balaban J connectivity index is 1.25. The first-order valence-corrected chi connectivity index (χ1v) is 13.9. The first-order chi connectivity index (χ1) is 15.9. The van der Waals surface area contributed by atoms with Crippen LogP contribution in [0.15, 0.2) is 46.3 Å². The molecule has 1 aromatic carbocycles. The maximum atomic E-state index is 13.1. The van der Waals surface area contributed by atoms with Crippen LogP contribution in [0.3, 0.4) is 0 Å². The number of rotatable bonds is 5. The Kier molecular flexibility index (Phi) is 5.93. The summed E-state index contributed by atoms with van der Waals surface area (Å²) >= 11 is 0. The molecule has 1 N–H and O–H groups in total. The van der Waals surface area contributed by atoms with E-state index in [0.717, 1.165) is 18.7 Å². The number of nitrogens with one attached hydrogen (secondary N) is 1. The zero-order valence-electron chi connectivity index (χ0n) is 18.1. The van der Waals surface area contributed by atoms with E-state index in [1.165, 1.54) is 20.9 Å². The highest BCUT2D eigenvalue weighted by molar-refractivity contribution is 7.89. The number of piperazine rings is 1. The van der Waals surface area contributed by atoms with Crippen molar-refractivity contribution in [2.24, 2.45) is 0 Å². The minimum atomic E-state index is -3.66. The van der Waals surface area contributed by atoms with Crippen LogP contribution < -0.4 is 19.4 Å². The second-order valence-corrected chi connectivity index (χ2v) is 12.1. The third-order valence-corrected chi connectivity index (χ3v) is 9.99. The lowest BCUT2D eigenvalue weighted by atomic mass is 10.3. The molecule has 10 nitrogen and oxygen atoms in total. The normalized spacial score (nSPS) is 20.2. The van der Waals surface area contributed by atoms with Crippen molar-refractivity contribution in [2.75, 3.05) is 57.4 Å². The number of fused-ring (bicyclic) bond motifs is 1. The maximum Gasteiger partial charge on any atom is 0.274 e. The fraction of sp³-hybridized carbons (Fsp3) is 0.476. The Morgan fingerprint density at radius 1 is 0.697 bits per heavy atom. The lowest BCUT2D eigenvalue weighted by molar-refractivity contribution is -0.367. The zero-order chi connectivity index (χ0) is 23.1. The van der Waals surface area contributed by atoms with Gasteiger partial charge in [-0.2, -0.15) is 8.61 Å². The third-order valence-electron chi connectivity index (χ3n) is 6.20. The van der Waals surface area contributed by atoms with Crippen LogP contribution in [0.2, 0.25) is 0 Å². The number of H-pyrrole nitrogens is 1. The van der Waals surface area contributed by atoms with Gasteiger partial charge in [-0.05, 0) is 31.0 Å². The first kappa shape index (κ1) is 22.4. The van der Waals surface area contributed by atoms with Crippen molar-refractivity contribution < 1.29 is 31.3 Å². The quantitative estimate of drug-likeness (QED) is 0.596. The molecule has 2 saturated heterocycles. The highest BCUT2D eigenvalue weighted by Gasteiger charge is 2.33. The third kappa shape index (κ3) is 4.27. The number of aromatic nitrogens is 1. The number of benzene rings is 1. The molecule has 0 unspecified atom stereocenters. The van der Waals surface area contributed by atoms with Crippen LogP contribution in [0.5, 0.6) is 11.5 Å². The Hall–Kier alpha value is -2.41. The summed E-state index contributed by atoms with van der Waals surface area (Å²) in [5.74, 6) is 1.75. The number of nitrogens with zero attached hydrogens (tertiary/aromatic N) is 3. The Morgan fingerprint density at radius 3 is 1.97 bits per heavy atom. The van der Waals surface area contributed by atoms with Crippen molar-refractivity contribution in [1.82, 2.24) is 8.61 Å². The molecule has 2 fully saturated rings. The monoisotopic (exact) mass is 495 g/mol. The summed E-state index contributed by atoms with van der Waals surface area (Å²) in [5.41, 5.74) is 0. The molecule has 5 rings (SSSR count). The van der Waals surface area contributed by atoms with Crippen molar-refractivity contribution in [3.63, 3.8) is 0 Å². The van der Waals surface area contributed by atoms with E-state index in [9.17, 15) is 16.8 Å². The molecule has 0 atom stereocenters. The lowest BCUT2D eigenvalue weighted by Gasteiger charge is -2.30. The number of pyridine rings is 1. The smallest absolute Gasteiger partial charge is 0.274 e. The number of anilines is 1. The second-order valence-electron chi connectivity index (χ2n) is 8.22. The fourth-order valence-corrected chi connectivity index (χ4v) is 7.26. The molecule has 0 spiro atoms. The minimum absolute atomic E-state index is 0.184. The SMILES string of the molecule is O=S(=O)(c1ccc(N2CCN(S(=O)(=O)c3ccc4c(c3)OCCO4)CC2)[nH+]c1)N1CCCC1. The molecular weight excluding hydrogens is 468 g/mol. The number of hydrogen-bond acceptors (Lipinski definition) is 7. The Bertz CT molecular complexity index is 1220. The molecule has 0 amide bonds. The van der Waals surface area contributed by atoms with E-state index in [0.29, 0.717) is 64.0 Å². The van der Waals surface area contributed by atoms with Gasteiger partial charge in [-0.3, -0.25) is 4.90 Å². The molecule has 178 valence electrons. The van der Waals surface area contributed by atoms with Crippen molar-refractivity contribution in [1.29, 1.82) is 0 Å². The summed E-state index contributed by atoms with van der Waals surface area (Å²) in [6.07, 6.45) is 3.29. The summed E-state index contributed by atoms with van der Waals surface area (Å²) in [5, 5.41) is 0. The van der Waals surface area contributed by atoms with Crippen LogP contribution in [0.4, 0.5) is 5.82 Å². The largest absolute Gasteiger partial charge is 0.486 e. The van der Waals surface area contributed by atoms with Gasteiger partial charge in [-0.15, -0.1) is 0 Å². The summed E-state index contributed by atoms with van der Waals surface area (Å²) in [4.78, 5) is 5.52. The van der Waals surface area contributed by atoms with Gasteiger partial charge in [0, 0.05) is 25.2 Å². The standard InChI is InChI=1S/C21H26N4O6S2/c26-32(27,17-3-5-19-20(15-17)31-14-13-30-19)25-11-9-23(10-12-25)21-6-4-18(16-22-21)33(28,29)24-7-1-2-8-24/h3-6,15-16H,1-2,7-14H2/p+1. The fourth-order valence-electron chi connectivity index (χ4n) is 4.34. The molecule has 33 heavy (non-hydrogen) atoms. The van der Waals surface area contributed by atoms with E-state index in [1.54, 1.807) is 24.3 Å². The van der Waals surface area contributed by atoms with Crippen molar-refractivity contribution in [2.45, 2.75) is 22.6 Å². The van der Waals surface area contributed by atoms with Crippen LogP contribution in [-0.2, 0) is 20.0 Å². The zero-order valence-corrected chi connectivity index (χ0v) is 19.8. The van der Waals surface area contributed by atoms with Crippen LogP contribution >= 0.6 is 0 Å². The number of ether oxygens (including phenoxy) is 2. The topological polar surface area (TPSA) is 111 Å². The highest BCUT2D eigenvalue weighted by atomic mass is 32.2. The number of hydrogen-bond donors (Lipinski definition) is 0. The Morgan fingerprint density at radius 2 is 1.30 bits per heavy atom. The van der Waals surface area contributed by atoms with Gasteiger partial charge in [0.15, 0.2) is 11.5 Å². The number of sulfonamides is 2. The molecule has 0 aliphatic carbocycles. The van der Waals surface area contributed by atoms with Gasteiger partial charge >= 0.3 is 0 Å². The van der Waals surface area contributed by atoms with Gasteiger partial charge in [0.05, 0.1) is 31.1 Å². The van der Waals surface area contributed by atoms with Gasteiger partial charge in [-0.1, -0.05) is 0 Å². The van der Waals surface area contributed by atoms with E-state index in [2.05, 4.69) is 4.98 Å². The maximum absolute atomic E-state index is 13.1. The molecule has 12 heteroatoms. The van der Waals surface area contributed by atoms with E-state index < -0.39 is 20.0 Å². The highest BCUT2D eigenvalue weighted by Crippen LogP contribution is 2.33. The van der Waals surface area contributed by atoms with Crippen LogP contribution in [0, 0.1) is 0 Å². The van der Waals surface area contributed by atoms with Gasteiger partial charge in [0.2, 0.25) is 20.0 Å². The Labute approximate surface area is 193 Å². The molecule has 1 aromatic heterocycles. The van der Waals surface area contributed by atoms with Crippen LogP contribution in [-0.4, -0.2) is 77.9 Å². The molecule has 3 aliphatic rings. The number of aromatic amines is 1. The van der Waals surface area contributed by atoms with E-state index in [4.69, 9.17) is 9.47 Å². The average Bonchev–Trinajstić information content (AvgIpc) is 3.40. The van der Waals surface area contributed by atoms with E-state index in [1.807, 2.05) is 4.90 Å². The second kappa shape index (κ2) is 8.75. The summed E-state index contributed by atoms with van der Waals surface area (Å²) in [7, 11) is -7.14. The molecule has 2 aromatic rings. The predicted octanol–water partition coefficient (Wildman–Crippen LogP) is 0.567.